The van der Waals surface area contributed by atoms with Gasteiger partial charge in [0.25, 0.3) is 5.91 Å². The van der Waals surface area contributed by atoms with Gasteiger partial charge >= 0.3 is 7.60 Å². The van der Waals surface area contributed by atoms with Crippen molar-refractivity contribution in [1.82, 2.24) is 0 Å². The SMILES string of the molecule is COc1cc(C=C2Oc3ccccc3N(CP(=O)(O)O)C2=O)cc(C)c1O. The second-order valence-electron chi connectivity index (χ2n) is 6.01. The Morgan fingerprint density at radius 3 is 2.63 bits per heavy atom. The zero-order valence-electron chi connectivity index (χ0n) is 14.6. The second kappa shape index (κ2) is 7.08. The third-order valence-electron chi connectivity index (χ3n) is 3.96. The number of fused-ring (bicyclic) bond motifs is 1. The maximum atomic E-state index is 12.8. The van der Waals surface area contributed by atoms with Crippen molar-refractivity contribution in [2.24, 2.45) is 0 Å². The van der Waals surface area contributed by atoms with E-state index >= 15 is 0 Å². The first-order chi connectivity index (χ1) is 12.7. The fraction of sp³-hybridized carbons (Fsp3) is 0.167. The number of anilines is 1. The number of hydrogen-bond donors (Lipinski definition) is 3. The molecule has 0 atom stereocenters. The molecule has 2 aromatic carbocycles. The Balaban J connectivity index is 2.07. The summed E-state index contributed by atoms with van der Waals surface area (Å²) >= 11 is 0. The Bertz CT molecular complexity index is 980. The van der Waals surface area contributed by atoms with Crippen LogP contribution in [0.5, 0.6) is 17.2 Å². The lowest BCUT2D eigenvalue weighted by Gasteiger charge is -2.30. The number of hydrogen-bond acceptors (Lipinski definition) is 5. The van der Waals surface area contributed by atoms with Gasteiger partial charge in [-0.1, -0.05) is 12.1 Å². The first-order valence-electron chi connectivity index (χ1n) is 7.92. The van der Waals surface area contributed by atoms with Gasteiger partial charge in [-0.2, -0.15) is 0 Å². The molecule has 1 aliphatic heterocycles. The number of carbonyl (C=O) groups excluding carboxylic acids is 1. The molecule has 0 spiro atoms. The van der Waals surface area contributed by atoms with Crippen LogP contribution < -0.4 is 14.4 Å². The van der Waals surface area contributed by atoms with Gasteiger partial charge in [-0.15, -0.1) is 0 Å². The highest BCUT2D eigenvalue weighted by Crippen LogP contribution is 2.43. The van der Waals surface area contributed by atoms with Gasteiger partial charge in [0, 0.05) is 0 Å². The smallest absolute Gasteiger partial charge is 0.345 e. The van der Waals surface area contributed by atoms with Crippen LogP contribution in [0.3, 0.4) is 0 Å². The van der Waals surface area contributed by atoms with Crippen LogP contribution in [-0.2, 0) is 9.36 Å². The van der Waals surface area contributed by atoms with Crippen molar-refractivity contribution in [3.63, 3.8) is 0 Å². The largest absolute Gasteiger partial charge is 0.504 e. The van der Waals surface area contributed by atoms with E-state index in [1.54, 1.807) is 37.3 Å². The van der Waals surface area contributed by atoms with Crippen molar-refractivity contribution < 1.29 is 33.7 Å². The molecule has 1 heterocycles. The van der Waals surface area contributed by atoms with Gasteiger partial charge in [0.05, 0.1) is 12.8 Å². The highest BCUT2D eigenvalue weighted by atomic mass is 31.2. The summed E-state index contributed by atoms with van der Waals surface area (Å²) in [4.78, 5) is 32.5. The first kappa shape index (κ1) is 19.0. The van der Waals surface area contributed by atoms with Gasteiger partial charge in [0.1, 0.15) is 6.29 Å². The van der Waals surface area contributed by atoms with Crippen LogP contribution in [0.15, 0.2) is 42.2 Å². The number of amides is 1. The highest BCUT2D eigenvalue weighted by Gasteiger charge is 2.34. The summed E-state index contributed by atoms with van der Waals surface area (Å²) < 4.78 is 22.2. The van der Waals surface area contributed by atoms with Crippen molar-refractivity contribution in [2.75, 3.05) is 18.3 Å². The quantitative estimate of drug-likeness (QED) is 0.542. The number of rotatable bonds is 4. The average molecular weight is 391 g/mol. The van der Waals surface area contributed by atoms with E-state index in [4.69, 9.17) is 9.47 Å². The van der Waals surface area contributed by atoms with Gasteiger partial charge in [-0.05, 0) is 48.4 Å². The molecule has 27 heavy (non-hydrogen) atoms. The summed E-state index contributed by atoms with van der Waals surface area (Å²) in [7, 11) is -3.09. The van der Waals surface area contributed by atoms with Crippen molar-refractivity contribution >= 4 is 25.3 Å². The predicted octanol–water partition coefficient (Wildman–Crippen LogP) is 2.61. The fourth-order valence-electron chi connectivity index (χ4n) is 2.75. The van der Waals surface area contributed by atoms with Gasteiger partial charge in [-0.25, -0.2) is 0 Å². The molecule has 0 radical (unpaired) electrons. The summed E-state index contributed by atoms with van der Waals surface area (Å²) in [6.45, 7) is 1.68. The normalized spacial score (nSPS) is 15.5. The van der Waals surface area contributed by atoms with Gasteiger partial charge in [0.15, 0.2) is 23.0 Å². The molecule has 0 fully saturated rings. The lowest BCUT2D eigenvalue weighted by atomic mass is 10.1. The van der Waals surface area contributed by atoms with Crippen LogP contribution in [0.25, 0.3) is 6.08 Å². The van der Waals surface area contributed by atoms with E-state index in [0.717, 1.165) is 4.90 Å². The molecule has 1 aliphatic rings. The number of phenols is 1. The van der Waals surface area contributed by atoms with E-state index in [1.807, 2.05) is 0 Å². The van der Waals surface area contributed by atoms with E-state index in [2.05, 4.69) is 0 Å². The molecule has 3 rings (SSSR count). The number of benzene rings is 2. The van der Waals surface area contributed by atoms with Crippen molar-refractivity contribution in [3.05, 3.63) is 53.3 Å². The van der Waals surface area contributed by atoms with Crippen LogP contribution in [-0.4, -0.2) is 34.2 Å². The maximum absolute atomic E-state index is 12.8. The van der Waals surface area contributed by atoms with Crippen LogP contribution in [0.2, 0.25) is 0 Å². The monoisotopic (exact) mass is 391 g/mol. The number of aryl methyl sites for hydroxylation is 1. The molecule has 0 saturated carbocycles. The van der Waals surface area contributed by atoms with Crippen LogP contribution >= 0.6 is 7.60 Å². The number of carbonyl (C=O) groups is 1. The highest BCUT2D eigenvalue weighted by molar-refractivity contribution is 7.51. The minimum Gasteiger partial charge on any atom is -0.504 e. The lowest BCUT2D eigenvalue weighted by molar-refractivity contribution is -0.117. The van der Waals surface area contributed by atoms with E-state index in [9.17, 15) is 24.3 Å². The molecule has 1 amide bonds. The molecular weight excluding hydrogens is 373 g/mol. The summed E-state index contributed by atoms with van der Waals surface area (Å²) in [5, 5.41) is 9.94. The van der Waals surface area contributed by atoms with E-state index in [-0.39, 0.29) is 22.9 Å². The predicted molar refractivity (Wildman–Crippen MR) is 98.8 cm³/mol. The second-order valence-corrected chi connectivity index (χ2v) is 7.62. The summed E-state index contributed by atoms with van der Waals surface area (Å²) in [6.07, 6.45) is 0.668. The molecular formula is C18H18NO7P. The number of aromatic hydroxyl groups is 1. The fourth-order valence-corrected chi connectivity index (χ4v) is 3.40. The van der Waals surface area contributed by atoms with Crippen LogP contribution in [0.1, 0.15) is 11.1 Å². The van der Waals surface area contributed by atoms with Crippen molar-refractivity contribution in [1.29, 1.82) is 0 Å². The molecule has 8 nitrogen and oxygen atoms in total. The molecule has 0 bridgehead atoms. The van der Waals surface area contributed by atoms with E-state index in [1.165, 1.54) is 19.3 Å². The number of para-hydroxylation sites is 2. The van der Waals surface area contributed by atoms with Gasteiger partial charge in [-0.3, -0.25) is 14.3 Å². The Hall–Kier alpha value is -2.80. The molecule has 2 aromatic rings. The molecule has 3 N–H and O–H groups in total. The third kappa shape index (κ3) is 3.98. The van der Waals surface area contributed by atoms with Crippen molar-refractivity contribution in [2.45, 2.75) is 6.92 Å². The number of nitrogens with zero attached hydrogens (tertiary/aromatic N) is 1. The average Bonchev–Trinajstić information content (AvgIpc) is 2.60. The Morgan fingerprint density at radius 1 is 1.26 bits per heavy atom. The standard InChI is InChI=1S/C18H18NO7P/c1-11-7-12(8-15(25-2)17(11)20)9-16-18(21)19(10-27(22,23)24)13-5-3-4-6-14(13)26-16/h3-9,20H,10H2,1-2H3,(H2,22,23,24). The minimum absolute atomic E-state index is 0.0102. The third-order valence-corrected chi connectivity index (χ3v) is 4.61. The van der Waals surface area contributed by atoms with E-state index in [0.29, 0.717) is 16.9 Å². The first-order valence-corrected chi connectivity index (χ1v) is 9.72. The Morgan fingerprint density at radius 2 is 1.96 bits per heavy atom. The van der Waals surface area contributed by atoms with Crippen LogP contribution in [0, 0.1) is 6.92 Å². The minimum atomic E-state index is -4.49. The molecule has 0 aliphatic carbocycles. The Labute approximate surface area is 155 Å². The number of phenolic OH excluding ortho intramolecular Hbond substituents is 1. The molecule has 0 aromatic heterocycles. The van der Waals surface area contributed by atoms with Gasteiger partial charge in [0.2, 0.25) is 0 Å². The molecule has 0 unspecified atom stereocenters. The van der Waals surface area contributed by atoms with Crippen molar-refractivity contribution in [3.8, 4) is 17.2 Å². The zero-order chi connectivity index (χ0) is 19.8. The molecule has 142 valence electrons. The van der Waals surface area contributed by atoms with Crippen LogP contribution in [0.4, 0.5) is 5.69 Å². The summed E-state index contributed by atoms with van der Waals surface area (Å²) in [5.41, 5.74) is 1.35. The van der Waals surface area contributed by atoms with Gasteiger partial charge < -0.3 is 24.4 Å². The zero-order valence-corrected chi connectivity index (χ0v) is 15.5. The summed E-state index contributed by atoms with van der Waals surface area (Å²) in [6, 6.07) is 9.65. The van der Waals surface area contributed by atoms with E-state index < -0.39 is 19.8 Å². The topological polar surface area (TPSA) is 117 Å². The molecule has 0 saturated heterocycles. The summed E-state index contributed by atoms with van der Waals surface area (Å²) in [5.74, 6) is -0.253. The lowest BCUT2D eigenvalue weighted by Crippen LogP contribution is -2.37. The maximum Gasteiger partial charge on any atom is 0.345 e. The Kier molecular flexibility index (Phi) is 4.97. The number of methoxy groups -OCH3 is 1. The number of ether oxygens (including phenoxy) is 2. The molecule has 9 heteroatoms.